The predicted molar refractivity (Wildman–Crippen MR) is 139 cm³/mol. The first-order chi connectivity index (χ1) is 16.8. The lowest BCUT2D eigenvalue weighted by molar-refractivity contribution is 0.0967. The van der Waals surface area contributed by atoms with Crippen molar-refractivity contribution in [2.45, 2.75) is 20.8 Å². The zero-order valence-electron chi connectivity index (χ0n) is 20.5. The highest BCUT2D eigenvalue weighted by Crippen LogP contribution is 2.28. The van der Waals surface area contributed by atoms with Gasteiger partial charge in [-0.05, 0) is 85.5 Å². The highest BCUT2D eigenvalue weighted by Gasteiger charge is 2.19. The first kappa shape index (κ1) is 23.8. The van der Waals surface area contributed by atoms with Crippen LogP contribution in [0.5, 0.6) is 11.5 Å². The third-order valence-corrected chi connectivity index (χ3v) is 6.19. The Balaban J connectivity index is 1.83. The molecule has 0 radical (unpaired) electrons. The molecule has 0 fully saturated rings. The molecule has 0 atom stereocenters. The minimum Gasteiger partial charge on any atom is -0.493 e. The van der Waals surface area contributed by atoms with Crippen LogP contribution in [0.15, 0.2) is 77.7 Å². The van der Waals surface area contributed by atoms with Gasteiger partial charge in [-0.15, -0.1) is 0 Å². The molecule has 0 bridgehead atoms. The van der Waals surface area contributed by atoms with Gasteiger partial charge in [-0.25, -0.2) is 9.36 Å². The minimum absolute atomic E-state index is 0.427. The fourth-order valence-electron chi connectivity index (χ4n) is 4.02. The lowest BCUT2D eigenvalue weighted by Gasteiger charge is -2.10. The van der Waals surface area contributed by atoms with Crippen molar-refractivity contribution >= 4 is 12.0 Å². The summed E-state index contributed by atoms with van der Waals surface area (Å²) >= 11 is 0. The second-order valence-electron chi connectivity index (χ2n) is 8.36. The summed E-state index contributed by atoms with van der Waals surface area (Å²) in [5.74, 6) is 0.714. The normalized spacial score (nSPS) is 11.1. The van der Waals surface area contributed by atoms with Crippen LogP contribution < -0.4 is 15.2 Å². The molecule has 0 aliphatic carbocycles. The number of nitrogens with zero attached hydrogens (tertiary/aromatic N) is 2. The van der Waals surface area contributed by atoms with Crippen molar-refractivity contribution in [3.8, 4) is 28.4 Å². The Labute approximate surface area is 204 Å². The van der Waals surface area contributed by atoms with Crippen LogP contribution in [0.2, 0.25) is 0 Å². The molecule has 1 heterocycles. The standard InChI is InChI=1S/C29H28N2O4/c1-19-15-23(16-20(2)21(19)3)25-18-30(24-9-7-6-8-10-24)29(33)31(25)28(32)14-12-22-11-13-26(34-4)27(17-22)35-5/h6-18H,1-5H3/b14-12+. The average molecular weight is 469 g/mol. The van der Waals surface area contributed by atoms with Gasteiger partial charge in [0.2, 0.25) is 0 Å². The average Bonchev–Trinajstić information content (AvgIpc) is 3.22. The molecule has 0 aliphatic heterocycles. The van der Waals surface area contributed by atoms with E-state index < -0.39 is 11.6 Å². The van der Waals surface area contributed by atoms with E-state index in [-0.39, 0.29) is 0 Å². The van der Waals surface area contributed by atoms with E-state index in [0.29, 0.717) is 22.9 Å². The summed E-state index contributed by atoms with van der Waals surface area (Å²) < 4.78 is 13.3. The molecule has 3 aromatic carbocycles. The maximum Gasteiger partial charge on any atom is 0.340 e. The van der Waals surface area contributed by atoms with Crippen LogP contribution in [0, 0.1) is 20.8 Å². The molecule has 0 N–H and O–H groups in total. The summed E-state index contributed by atoms with van der Waals surface area (Å²) in [6.07, 6.45) is 4.78. The van der Waals surface area contributed by atoms with Gasteiger partial charge in [-0.1, -0.05) is 24.3 Å². The Hall–Kier alpha value is -4.32. The van der Waals surface area contributed by atoms with Crippen molar-refractivity contribution in [1.82, 2.24) is 9.13 Å². The third-order valence-electron chi connectivity index (χ3n) is 6.19. The van der Waals surface area contributed by atoms with E-state index in [2.05, 4.69) is 6.92 Å². The van der Waals surface area contributed by atoms with Gasteiger partial charge >= 0.3 is 5.69 Å². The zero-order chi connectivity index (χ0) is 25.1. The monoisotopic (exact) mass is 468 g/mol. The summed E-state index contributed by atoms with van der Waals surface area (Å²) in [5, 5.41) is 0. The molecule has 4 rings (SSSR count). The van der Waals surface area contributed by atoms with Crippen molar-refractivity contribution in [3.05, 3.63) is 106 Å². The summed E-state index contributed by atoms with van der Waals surface area (Å²) in [5.41, 5.74) is 5.73. The number of hydrogen-bond acceptors (Lipinski definition) is 4. The zero-order valence-corrected chi connectivity index (χ0v) is 20.5. The first-order valence-corrected chi connectivity index (χ1v) is 11.3. The van der Waals surface area contributed by atoms with Crippen LogP contribution in [0.1, 0.15) is 27.0 Å². The highest BCUT2D eigenvalue weighted by atomic mass is 16.5. The molecular formula is C29H28N2O4. The third kappa shape index (κ3) is 4.68. The van der Waals surface area contributed by atoms with E-state index in [0.717, 1.165) is 22.3 Å². The topological polar surface area (TPSA) is 62.5 Å². The molecule has 4 aromatic rings. The van der Waals surface area contributed by atoms with E-state index in [1.165, 1.54) is 20.8 Å². The minimum atomic E-state index is -0.439. The lowest BCUT2D eigenvalue weighted by atomic mass is 9.99. The maximum absolute atomic E-state index is 13.5. The molecule has 0 saturated carbocycles. The number of ether oxygens (including phenoxy) is 2. The van der Waals surface area contributed by atoms with Gasteiger partial charge < -0.3 is 9.47 Å². The number of methoxy groups -OCH3 is 2. The van der Waals surface area contributed by atoms with Gasteiger partial charge in [-0.3, -0.25) is 9.36 Å². The maximum atomic E-state index is 13.5. The molecule has 6 heteroatoms. The van der Waals surface area contributed by atoms with E-state index in [4.69, 9.17) is 9.47 Å². The molecule has 0 unspecified atom stereocenters. The number of para-hydroxylation sites is 1. The van der Waals surface area contributed by atoms with Gasteiger partial charge in [0.25, 0.3) is 5.91 Å². The number of imidazole rings is 1. The molecule has 0 aliphatic rings. The SMILES string of the molecule is COc1ccc(/C=C/C(=O)n2c(-c3cc(C)c(C)c(C)c3)cn(-c3ccccc3)c2=O)cc1OC. The summed E-state index contributed by atoms with van der Waals surface area (Å²) in [6, 6.07) is 18.7. The molecule has 1 aromatic heterocycles. The van der Waals surface area contributed by atoms with Crippen LogP contribution in [-0.2, 0) is 0 Å². The van der Waals surface area contributed by atoms with E-state index in [9.17, 15) is 9.59 Å². The number of rotatable bonds is 6. The van der Waals surface area contributed by atoms with Crippen molar-refractivity contribution in [3.63, 3.8) is 0 Å². The predicted octanol–water partition coefficient (Wildman–Crippen LogP) is 5.60. The highest BCUT2D eigenvalue weighted by molar-refractivity contribution is 5.96. The van der Waals surface area contributed by atoms with Crippen LogP contribution in [0.25, 0.3) is 23.0 Å². The van der Waals surface area contributed by atoms with Crippen molar-refractivity contribution in [1.29, 1.82) is 0 Å². The van der Waals surface area contributed by atoms with Crippen LogP contribution in [-0.4, -0.2) is 29.3 Å². The molecule has 0 saturated heterocycles. The van der Waals surface area contributed by atoms with Crippen LogP contribution in [0.3, 0.4) is 0 Å². The van der Waals surface area contributed by atoms with Gasteiger partial charge in [0.05, 0.1) is 25.6 Å². The van der Waals surface area contributed by atoms with Gasteiger partial charge in [-0.2, -0.15) is 0 Å². The Bertz CT molecular complexity index is 1450. The molecule has 0 spiro atoms. The molecule has 178 valence electrons. The Morgan fingerprint density at radius 2 is 1.51 bits per heavy atom. The number of carbonyl (C=O) groups is 1. The summed E-state index contributed by atoms with van der Waals surface area (Å²) in [7, 11) is 3.12. The van der Waals surface area contributed by atoms with Gasteiger partial charge in [0.1, 0.15) is 0 Å². The van der Waals surface area contributed by atoms with Crippen molar-refractivity contribution in [2.24, 2.45) is 0 Å². The first-order valence-electron chi connectivity index (χ1n) is 11.3. The fraction of sp³-hybridized carbons (Fsp3) is 0.172. The largest absolute Gasteiger partial charge is 0.493 e. The summed E-state index contributed by atoms with van der Waals surface area (Å²) in [4.78, 5) is 26.9. The van der Waals surface area contributed by atoms with E-state index >= 15 is 0 Å². The van der Waals surface area contributed by atoms with Crippen molar-refractivity contribution in [2.75, 3.05) is 14.2 Å². The number of aryl methyl sites for hydroxylation is 2. The van der Waals surface area contributed by atoms with E-state index in [1.54, 1.807) is 38.6 Å². The Morgan fingerprint density at radius 1 is 0.857 bits per heavy atom. The second kappa shape index (κ2) is 9.89. The number of allylic oxidation sites excluding steroid dienone is 1. The van der Waals surface area contributed by atoms with Gasteiger partial charge in [0, 0.05) is 17.8 Å². The molecule has 35 heavy (non-hydrogen) atoms. The Kier molecular flexibility index (Phi) is 6.73. The quantitative estimate of drug-likeness (QED) is 0.346. The smallest absolute Gasteiger partial charge is 0.340 e. The number of aromatic nitrogens is 2. The van der Waals surface area contributed by atoms with E-state index in [1.807, 2.05) is 62.4 Å². The lowest BCUT2D eigenvalue weighted by Crippen LogP contribution is -2.27. The number of benzene rings is 3. The fourth-order valence-corrected chi connectivity index (χ4v) is 4.02. The van der Waals surface area contributed by atoms with Gasteiger partial charge in [0.15, 0.2) is 11.5 Å². The molecule has 6 nitrogen and oxygen atoms in total. The van der Waals surface area contributed by atoms with Crippen LogP contribution in [0.4, 0.5) is 0 Å². The summed E-state index contributed by atoms with van der Waals surface area (Å²) in [6.45, 7) is 6.12. The number of carbonyl (C=O) groups excluding carboxylic acids is 1. The van der Waals surface area contributed by atoms with Crippen LogP contribution >= 0.6 is 0 Å². The second-order valence-corrected chi connectivity index (χ2v) is 8.36. The molecule has 0 amide bonds. The number of hydrogen-bond donors (Lipinski definition) is 0. The Morgan fingerprint density at radius 3 is 2.14 bits per heavy atom. The molecular weight excluding hydrogens is 440 g/mol. The van der Waals surface area contributed by atoms with Crippen molar-refractivity contribution < 1.29 is 14.3 Å².